The molecular weight excluding hydrogens is 392 g/mol. The molecule has 0 aromatic heterocycles. The van der Waals surface area contributed by atoms with Gasteiger partial charge in [0.2, 0.25) is 5.91 Å². The van der Waals surface area contributed by atoms with Crippen molar-refractivity contribution in [2.24, 2.45) is 0 Å². The van der Waals surface area contributed by atoms with Crippen molar-refractivity contribution in [2.75, 3.05) is 13.7 Å². The fourth-order valence-electron chi connectivity index (χ4n) is 2.61. The molecule has 2 aromatic rings. The number of hydrogen-bond donors (Lipinski definition) is 4. The van der Waals surface area contributed by atoms with Crippen molar-refractivity contribution < 1.29 is 34.1 Å². The van der Waals surface area contributed by atoms with E-state index in [2.05, 4.69) is 10.6 Å². The van der Waals surface area contributed by atoms with Crippen LogP contribution in [0.25, 0.3) is 0 Å². The molecule has 0 saturated carbocycles. The average molecular weight is 416 g/mol. The van der Waals surface area contributed by atoms with Crippen LogP contribution in [-0.2, 0) is 27.4 Å². The van der Waals surface area contributed by atoms with Gasteiger partial charge >= 0.3 is 12.1 Å². The van der Waals surface area contributed by atoms with E-state index >= 15 is 0 Å². The molecule has 0 spiro atoms. The lowest BCUT2D eigenvalue weighted by Crippen LogP contribution is -2.53. The highest BCUT2D eigenvalue weighted by Crippen LogP contribution is 2.14. The number of aliphatic carboxylic acids is 1. The van der Waals surface area contributed by atoms with Crippen LogP contribution >= 0.6 is 0 Å². The third-order valence-electron chi connectivity index (χ3n) is 4.19. The number of amides is 2. The molecule has 9 heteroatoms. The summed E-state index contributed by atoms with van der Waals surface area (Å²) in [5.41, 5.74) is 1.39. The maximum absolute atomic E-state index is 12.4. The molecule has 4 N–H and O–H groups in total. The average Bonchev–Trinajstić information content (AvgIpc) is 2.76. The Morgan fingerprint density at radius 2 is 1.67 bits per heavy atom. The molecule has 0 unspecified atom stereocenters. The van der Waals surface area contributed by atoms with E-state index in [1.807, 2.05) is 6.07 Å². The molecule has 2 rings (SSSR count). The molecule has 0 fully saturated rings. The topological polar surface area (TPSA) is 134 Å². The molecule has 0 radical (unpaired) electrons. The summed E-state index contributed by atoms with van der Waals surface area (Å²) in [6, 6.07) is 13.1. The normalized spacial score (nSPS) is 12.3. The van der Waals surface area contributed by atoms with E-state index in [-0.39, 0.29) is 13.0 Å². The van der Waals surface area contributed by atoms with Gasteiger partial charge < -0.3 is 30.3 Å². The molecule has 0 heterocycles. The van der Waals surface area contributed by atoms with E-state index < -0.39 is 36.7 Å². The van der Waals surface area contributed by atoms with Crippen LogP contribution in [0.5, 0.6) is 5.75 Å². The first-order chi connectivity index (χ1) is 14.4. The summed E-state index contributed by atoms with van der Waals surface area (Å²) < 4.78 is 10.1. The molecule has 0 saturated heterocycles. The Morgan fingerprint density at radius 3 is 2.30 bits per heavy atom. The molecule has 0 bridgehead atoms. The van der Waals surface area contributed by atoms with E-state index in [0.717, 1.165) is 5.56 Å². The molecule has 0 aliphatic heterocycles. The largest absolute Gasteiger partial charge is 0.497 e. The van der Waals surface area contributed by atoms with Gasteiger partial charge in [-0.15, -0.1) is 0 Å². The number of alkyl carbamates (subject to hydrolysis) is 1. The second-order valence-electron chi connectivity index (χ2n) is 6.40. The van der Waals surface area contributed by atoms with Crippen LogP contribution in [0, 0.1) is 0 Å². The highest BCUT2D eigenvalue weighted by atomic mass is 16.5. The zero-order chi connectivity index (χ0) is 21.9. The molecule has 0 aliphatic carbocycles. The Morgan fingerprint density at radius 1 is 0.967 bits per heavy atom. The summed E-state index contributed by atoms with van der Waals surface area (Å²) in [6.07, 6.45) is -0.915. The Balaban J connectivity index is 1.93. The molecular formula is C21H24N2O7. The zero-order valence-corrected chi connectivity index (χ0v) is 16.4. The summed E-state index contributed by atoms with van der Waals surface area (Å²) in [7, 11) is 1.49. The first-order valence-corrected chi connectivity index (χ1v) is 9.17. The van der Waals surface area contributed by atoms with Gasteiger partial charge in [0.15, 0.2) is 0 Å². The van der Waals surface area contributed by atoms with Gasteiger partial charge in [0.1, 0.15) is 24.4 Å². The number of carbonyl (C=O) groups is 3. The van der Waals surface area contributed by atoms with Crippen LogP contribution < -0.4 is 15.4 Å². The number of carboxylic acid groups (broad SMARTS) is 1. The van der Waals surface area contributed by atoms with Gasteiger partial charge in [-0.1, -0.05) is 42.5 Å². The molecule has 2 amide bonds. The molecule has 160 valence electrons. The van der Waals surface area contributed by atoms with Crippen molar-refractivity contribution >= 4 is 18.0 Å². The lowest BCUT2D eigenvalue weighted by molar-refractivity contribution is -0.142. The van der Waals surface area contributed by atoms with E-state index in [1.165, 1.54) is 7.11 Å². The van der Waals surface area contributed by atoms with E-state index in [1.54, 1.807) is 48.5 Å². The van der Waals surface area contributed by atoms with Gasteiger partial charge in [0.05, 0.1) is 13.7 Å². The van der Waals surface area contributed by atoms with Gasteiger partial charge in [-0.25, -0.2) is 9.59 Å². The van der Waals surface area contributed by atoms with Crippen molar-refractivity contribution in [1.82, 2.24) is 10.6 Å². The van der Waals surface area contributed by atoms with Crippen LogP contribution in [0.15, 0.2) is 54.6 Å². The smallest absolute Gasteiger partial charge is 0.408 e. The number of ether oxygens (including phenoxy) is 2. The third-order valence-corrected chi connectivity index (χ3v) is 4.19. The first kappa shape index (κ1) is 22.7. The van der Waals surface area contributed by atoms with Crippen LogP contribution in [0.4, 0.5) is 4.79 Å². The first-order valence-electron chi connectivity index (χ1n) is 9.17. The van der Waals surface area contributed by atoms with Gasteiger partial charge in [0, 0.05) is 6.42 Å². The number of methoxy groups -OCH3 is 1. The number of carboxylic acids is 1. The second kappa shape index (κ2) is 11.4. The molecule has 9 nitrogen and oxygen atoms in total. The third kappa shape index (κ3) is 7.10. The van der Waals surface area contributed by atoms with E-state index in [0.29, 0.717) is 11.3 Å². The summed E-state index contributed by atoms with van der Waals surface area (Å²) in [4.78, 5) is 35.9. The lowest BCUT2D eigenvalue weighted by Gasteiger charge is -2.20. The van der Waals surface area contributed by atoms with Crippen molar-refractivity contribution in [3.8, 4) is 5.75 Å². The SMILES string of the molecule is COc1cccc(C[C@H](NC(=O)[C@H](CO)NC(=O)OCc2ccccc2)C(=O)O)c1. The number of nitrogens with one attached hydrogen (secondary N) is 2. The highest BCUT2D eigenvalue weighted by Gasteiger charge is 2.27. The maximum Gasteiger partial charge on any atom is 0.408 e. The number of carbonyl (C=O) groups excluding carboxylic acids is 2. The molecule has 2 aromatic carbocycles. The summed E-state index contributed by atoms with van der Waals surface area (Å²) >= 11 is 0. The minimum atomic E-state index is -1.36. The Kier molecular flexibility index (Phi) is 8.64. The fraction of sp³-hybridized carbons (Fsp3) is 0.286. The van der Waals surface area contributed by atoms with E-state index in [9.17, 15) is 24.6 Å². The van der Waals surface area contributed by atoms with Gasteiger partial charge in [-0.3, -0.25) is 4.79 Å². The minimum Gasteiger partial charge on any atom is -0.497 e. The highest BCUT2D eigenvalue weighted by molar-refractivity contribution is 5.89. The monoisotopic (exact) mass is 416 g/mol. The van der Waals surface area contributed by atoms with Crippen molar-refractivity contribution in [3.63, 3.8) is 0 Å². The predicted molar refractivity (Wildman–Crippen MR) is 107 cm³/mol. The Labute approximate surface area is 173 Å². The minimum absolute atomic E-state index is 0.00508. The van der Waals surface area contributed by atoms with E-state index in [4.69, 9.17) is 9.47 Å². The molecule has 30 heavy (non-hydrogen) atoms. The fourth-order valence-corrected chi connectivity index (χ4v) is 2.61. The maximum atomic E-state index is 12.4. The Hall–Kier alpha value is -3.59. The standard InChI is InChI=1S/C21H24N2O7/c1-29-16-9-5-8-15(10-16)11-17(20(26)27)22-19(25)18(12-24)23-21(28)30-13-14-6-3-2-4-7-14/h2-10,17-18,24H,11-13H2,1H3,(H,22,25)(H,23,28)(H,26,27)/t17-,18-/m0/s1. The Bertz CT molecular complexity index is 857. The summed E-state index contributed by atoms with van der Waals surface area (Å²) in [6.45, 7) is -0.738. The molecule has 2 atom stereocenters. The van der Waals surface area contributed by atoms with Crippen molar-refractivity contribution in [3.05, 3.63) is 65.7 Å². The quantitative estimate of drug-likeness (QED) is 0.455. The number of hydrogen-bond acceptors (Lipinski definition) is 6. The second-order valence-corrected chi connectivity index (χ2v) is 6.40. The number of rotatable bonds is 10. The van der Waals surface area contributed by atoms with Crippen LogP contribution in [0.2, 0.25) is 0 Å². The summed E-state index contributed by atoms with van der Waals surface area (Å²) in [5, 5.41) is 23.4. The summed E-state index contributed by atoms with van der Waals surface area (Å²) in [5.74, 6) is -1.54. The van der Waals surface area contributed by atoms with Gasteiger partial charge in [0.25, 0.3) is 0 Å². The number of benzene rings is 2. The van der Waals surface area contributed by atoms with Crippen LogP contribution in [0.1, 0.15) is 11.1 Å². The molecule has 0 aliphatic rings. The number of aliphatic hydroxyl groups excluding tert-OH is 1. The number of aliphatic hydroxyl groups is 1. The zero-order valence-electron chi connectivity index (χ0n) is 16.4. The lowest BCUT2D eigenvalue weighted by atomic mass is 10.1. The van der Waals surface area contributed by atoms with Gasteiger partial charge in [-0.2, -0.15) is 0 Å². The van der Waals surface area contributed by atoms with Gasteiger partial charge in [-0.05, 0) is 23.3 Å². The predicted octanol–water partition coefficient (Wildman–Crippen LogP) is 1.09. The van der Waals surface area contributed by atoms with Crippen molar-refractivity contribution in [2.45, 2.75) is 25.1 Å². The van der Waals surface area contributed by atoms with Crippen LogP contribution in [-0.4, -0.2) is 54.0 Å². The van der Waals surface area contributed by atoms with Crippen LogP contribution in [0.3, 0.4) is 0 Å². The van der Waals surface area contributed by atoms with Crippen molar-refractivity contribution in [1.29, 1.82) is 0 Å².